The van der Waals surface area contributed by atoms with Gasteiger partial charge in [-0.1, -0.05) is 0 Å². The third-order valence-electron chi connectivity index (χ3n) is 4.18. The van der Waals surface area contributed by atoms with Crippen LogP contribution in [0.2, 0.25) is 0 Å². The highest BCUT2D eigenvalue weighted by Gasteiger charge is 2.34. The van der Waals surface area contributed by atoms with Gasteiger partial charge in [0.25, 0.3) is 0 Å². The molecule has 2 rings (SSSR count). The molecule has 9 heteroatoms. The van der Waals surface area contributed by atoms with E-state index in [1.807, 2.05) is 0 Å². The molecule has 0 aromatic heterocycles. The summed E-state index contributed by atoms with van der Waals surface area (Å²) in [6.07, 6.45) is -0.137. The quantitative estimate of drug-likeness (QED) is 0.634. The van der Waals surface area contributed by atoms with Gasteiger partial charge in [0, 0.05) is 25.7 Å². The predicted octanol–water partition coefficient (Wildman–Crippen LogP) is 0.756. The van der Waals surface area contributed by atoms with Crippen molar-refractivity contribution in [2.75, 3.05) is 32.1 Å². The van der Waals surface area contributed by atoms with Crippen LogP contribution in [0.5, 0.6) is 5.75 Å². The molecule has 0 aliphatic carbocycles. The molecule has 1 aromatic rings. The van der Waals surface area contributed by atoms with Crippen LogP contribution in [0, 0.1) is 0 Å². The Labute approximate surface area is 157 Å². The van der Waals surface area contributed by atoms with Crippen molar-refractivity contribution in [1.82, 2.24) is 15.5 Å². The number of Topliss-reactive ketones (excluding diaryl/α,β-unsaturated/α-hetero) is 1. The highest BCUT2D eigenvalue weighted by Crippen LogP contribution is 2.27. The smallest absolute Gasteiger partial charge is 0.322 e. The van der Waals surface area contributed by atoms with E-state index in [9.17, 15) is 19.2 Å². The summed E-state index contributed by atoms with van der Waals surface area (Å²) in [5, 5.41) is 7.81. The summed E-state index contributed by atoms with van der Waals surface area (Å²) in [4.78, 5) is 49.6. The van der Waals surface area contributed by atoms with E-state index >= 15 is 0 Å². The summed E-state index contributed by atoms with van der Waals surface area (Å²) < 4.78 is 5.50. The van der Waals surface area contributed by atoms with Gasteiger partial charge in [0.2, 0.25) is 11.8 Å². The third-order valence-corrected chi connectivity index (χ3v) is 4.18. The zero-order valence-electron chi connectivity index (χ0n) is 15.6. The van der Waals surface area contributed by atoms with Crippen LogP contribution in [0.25, 0.3) is 0 Å². The molecule has 0 radical (unpaired) electrons. The van der Waals surface area contributed by atoms with Gasteiger partial charge >= 0.3 is 6.03 Å². The van der Waals surface area contributed by atoms with Gasteiger partial charge < -0.3 is 25.6 Å². The molecular formula is C18H24N4O5. The highest BCUT2D eigenvalue weighted by atomic mass is 16.5. The van der Waals surface area contributed by atoms with Gasteiger partial charge in [0.05, 0.1) is 18.7 Å². The van der Waals surface area contributed by atoms with E-state index in [1.165, 1.54) is 24.9 Å². The summed E-state index contributed by atoms with van der Waals surface area (Å²) in [5.41, 5.74) is 0.756. The summed E-state index contributed by atoms with van der Waals surface area (Å²) in [6, 6.07) is 3.31. The molecule has 1 aliphatic heterocycles. The molecule has 3 N–H and O–H groups in total. The van der Waals surface area contributed by atoms with E-state index in [-0.39, 0.29) is 30.6 Å². The Bertz CT molecular complexity index is 749. The number of rotatable bonds is 6. The average Bonchev–Trinajstić information content (AvgIpc) is 2.64. The van der Waals surface area contributed by atoms with E-state index in [0.717, 1.165) is 0 Å². The van der Waals surface area contributed by atoms with Crippen LogP contribution < -0.4 is 20.7 Å². The molecule has 1 aliphatic rings. The van der Waals surface area contributed by atoms with Crippen molar-refractivity contribution in [3.63, 3.8) is 0 Å². The molecule has 1 aromatic carbocycles. The monoisotopic (exact) mass is 376 g/mol. The summed E-state index contributed by atoms with van der Waals surface area (Å²) in [6.45, 7) is 4.17. The van der Waals surface area contributed by atoms with Crippen molar-refractivity contribution >= 4 is 29.3 Å². The molecule has 0 saturated carbocycles. The normalized spacial score (nSPS) is 16.3. The fraction of sp³-hybridized carbons (Fsp3) is 0.444. The number of nitrogens with zero attached hydrogens (tertiary/aromatic N) is 1. The van der Waals surface area contributed by atoms with Crippen LogP contribution in [-0.4, -0.2) is 61.3 Å². The van der Waals surface area contributed by atoms with Crippen LogP contribution >= 0.6 is 0 Å². The molecule has 4 amide bonds. The molecule has 1 saturated heterocycles. The minimum atomic E-state index is -0.912. The summed E-state index contributed by atoms with van der Waals surface area (Å²) in [5.74, 6) is -0.463. The van der Waals surface area contributed by atoms with Crippen molar-refractivity contribution in [3.05, 3.63) is 23.8 Å². The number of nitrogens with one attached hydrogen (secondary N) is 3. The van der Waals surface area contributed by atoms with E-state index in [2.05, 4.69) is 16.0 Å². The van der Waals surface area contributed by atoms with Crippen molar-refractivity contribution in [2.24, 2.45) is 0 Å². The number of urea groups is 1. The van der Waals surface area contributed by atoms with Gasteiger partial charge in [0.1, 0.15) is 11.8 Å². The minimum Gasteiger partial charge on any atom is -0.492 e. The van der Waals surface area contributed by atoms with E-state index in [0.29, 0.717) is 30.2 Å². The minimum absolute atomic E-state index is 0.137. The molecule has 146 valence electrons. The first-order valence-electron chi connectivity index (χ1n) is 8.71. The second kappa shape index (κ2) is 9.02. The first-order valence-corrected chi connectivity index (χ1v) is 8.71. The van der Waals surface area contributed by atoms with Gasteiger partial charge in [-0.3, -0.25) is 14.4 Å². The van der Waals surface area contributed by atoms with E-state index in [4.69, 9.17) is 4.74 Å². The number of hydrogen-bond donors (Lipinski definition) is 3. The third kappa shape index (κ3) is 4.96. The van der Waals surface area contributed by atoms with Crippen LogP contribution in [0.3, 0.4) is 0 Å². The molecular weight excluding hydrogens is 352 g/mol. The van der Waals surface area contributed by atoms with E-state index < -0.39 is 12.1 Å². The fourth-order valence-electron chi connectivity index (χ4n) is 2.75. The number of anilines is 1. The second-order valence-corrected chi connectivity index (χ2v) is 6.01. The number of carbonyl (C=O) groups excluding carboxylic acids is 4. The lowest BCUT2D eigenvalue weighted by Gasteiger charge is -2.34. The van der Waals surface area contributed by atoms with Gasteiger partial charge in [-0.15, -0.1) is 0 Å². The van der Waals surface area contributed by atoms with E-state index in [1.54, 1.807) is 19.1 Å². The molecule has 9 nitrogen and oxygen atoms in total. The number of amides is 4. The molecule has 0 spiro atoms. The number of ketones is 1. The number of piperazine rings is 1. The Balaban J connectivity index is 2.25. The number of carbonyl (C=O) groups is 4. The average molecular weight is 376 g/mol. The topological polar surface area (TPSA) is 117 Å². The van der Waals surface area contributed by atoms with Crippen molar-refractivity contribution in [3.8, 4) is 5.75 Å². The molecule has 1 atom stereocenters. The van der Waals surface area contributed by atoms with Gasteiger partial charge in [-0.25, -0.2) is 4.79 Å². The van der Waals surface area contributed by atoms with Crippen molar-refractivity contribution < 1.29 is 23.9 Å². The van der Waals surface area contributed by atoms with Crippen molar-refractivity contribution in [1.29, 1.82) is 0 Å². The molecule has 1 heterocycles. The number of benzene rings is 1. The first-order chi connectivity index (χ1) is 12.9. The van der Waals surface area contributed by atoms with Crippen LogP contribution in [-0.2, 0) is 9.59 Å². The lowest BCUT2D eigenvalue weighted by atomic mass is 10.1. The number of hydrogen-bond acceptors (Lipinski definition) is 5. The Kier molecular flexibility index (Phi) is 6.75. The van der Waals surface area contributed by atoms with Crippen LogP contribution in [0.4, 0.5) is 10.5 Å². The maximum Gasteiger partial charge on any atom is 0.322 e. The Morgan fingerprint density at radius 3 is 2.70 bits per heavy atom. The zero-order valence-corrected chi connectivity index (χ0v) is 15.6. The van der Waals surface area contributed by atoms with Gasteiger partial charge in [-0.05, 0) is 32.0 Å². The largest absolute Gasteiger partial charge is 0.492 e. The zero-order chi connectivity index (χ0) is 20.0. The highest BCUT2D eigenvalue weighted by molar-refractivity contribution is 6.00. The SMILES string of the molecule is CCOc1ccc(C(C)=O)cc1NC(=O)N1CCNC(=O)[C@@H]1CC(=O)NC. The lowest BCUT2D eigenvalue weighted by Crippen LogP contribution is -2.59. The van der Waals surface area contributed by atoms with Crippen molar-refractivity contribution in [2.45, 2.75) is 26.3 Å². The Hall–Kier alpha value is -3.10. The molecule has 0 unspecified atom stereocenters. The first kappa shape index (κ1) is 20.2. The molecule has 0 bridgehead atoms. The lowest BCUT2D eigenvalue weighted by molar-refractivity contribution is -0.132. The van der Waals surface area contributed by atoms with Gasteiger partial charge in [0.15, 0.2) is 5.78 Å². The Morgan fingerprint density at radius 2 is 2.07 bits per heavy atom. The van der Waals surface area contributed by atoms with Crippen LogP contribution in [0.15, 0.2) is 18.2 Å². The second-order valence-electron chi connectivity index (χ2n) is 6.01. The summed E-state index contributed by atoms with van der Waals surface area (Å²) >= 11 is 0. The molecule has 1 fully saturated rings. The maximum atomic E-state index is 12.8. The fourth-order valence-corrected chi connectivity index (χ4v) is 2.75. The molecule has 27 heavy (non-hydrogen) atoms. The van der Waals surface area contributed by atoms with Gasteiger partial charge in [-0.2, -0.15) is 0 Å². The summed E-state index contributed by atoms with van der Waals surface area (Å²) in [7, 11) is 1.47. The standard InChI is InChI=1S/C18H24N4O5/c1-4-27-15-6-5-12(11(2)23)9-13(15)21-18(26)22-8-7-20-17(25)14(22)10-16(24)19-3/h5-6,9,14H,4,7-8,10H2,1-3H3,(H,19,24)(H,20,25)(H,21,26)/t14-/m0/s1. The van der Waals surface area contributed by atoms with Crippen LogP contribution in [0.1, 0.15) is 30.6 Å². The predicted molar refractivity (Wildman–Crippen MR) is 98.8 cm³/mol. The Morgan fingerprint density at radius 1 is 1.33 bits per heavy atom. The maximum absolute atomic E-state index is 12.8. The number of ether oxygens (including phenoxy) is 1.